The Morgan fingerprint density at radius 1 is 1.25 bits per heavy atom. The van der Waals surface area contributed by atoms with Crippen LogP contribution in [0.3, 0.4) is 0 Å². The predicted molar refractivity (Wildman–Crippen MR) is 72.3 cm³/mol. The highest BCUT2D eigenvalue weighted by molar-refractivity contribution is 5.16. The van der Waals surface area contributed by atoms with E-state index in [9.17, 15) is 13.2 Å². The van der Waals surface area contributed by atoms with E-state index >= 15 is 0 Å². The molecular formula is C15H21F3N2. The number of pyridine rings is 1. The Bertz CT molecular complexity index is 428. The zero-order chi connectivity index (χ0) is 14.8. The quantitative estimate of drug-likeness (QED) is 0.914. The maximum Gasteiger partial charge on any atom is 0.433 e. The van der Waals surface area contributed by atoms with Crippen molar-refractivity contribution in [1.82, 2.24) is 10.3 Å². The van der Waals surface area contributed by atoms with E-state index in [4.69, 9.17) is 0 Å². The van der Waals surface area contributed by atoms with Crippen molar-refractivity contribution in [3.05, 3.63) is 29.6 Å². The first-order valence-corrected chi connectivity index (χ1v) is 7.14. The third-order valence-corrected chi connectivity index (χ3v) is 4.14. The lowest BCUT2D eigenvalue weighted by Crippen LogP contribution is -2.44. The second-order valence-corrected chi connectivity index (χ2v) is 5.78. The van der Waals surface area contributed by atoms with Crippen molar-refractivity contribution >= 4 is 0 Å². The molecule has 0 bridgehead atoms. The molecule has 0 saturated carbocycles. The largest absolute Gasteiger partial charge is 0.433 e. The van der Waals surface area contributed by atoms with Gasteiger partial charge in [0.15, 0.2) is 0 Å². The Morgan fingerprint density at radius 2 is 2.00 bits per heavy atom. The van der Waals surface area contributed by atoms with Gasteiger partial charge in [0.05, 0.1) is 0 Å². The fourth-order valence-corrected chi connectivity index (χ4v) is 2.87. The molecule has 2 rings (SSSR count). The minimum atomic E-state index is -4.35. The van der Waals surface area contributed by atoms with E-state index in [1.165, 1.54) is 19.0 Å². The SMILES string of the molecule is CC1CCC(CCc2ccc(C(F)(F)F)nc2)C(C)N1. The Balaban J connectivity index is 1.88. The summed E-state index contributed by atoms with van der Waals surface area (Å²) in [6.45, 7) is 4.37. The number of nitrogens with one attached hydrogen (secondary N) is 1. The van der Waals surface area contributed by atoms with Gasteiger partial charge in [-0.1, -0.05) is 6.07 Å². The summed E-state index contributed by atoms with van der Waals surface area (Å²) in [5.74, 6) is 0.591. The molecule has 2 nitrogen and oxygen atoms in total. The van der Waals surface area contributed by atoms with Crippen LogP contribution in [0.15, 0.2) is 18.3 Å². The maximum absolute atomic E-state index is 12.4. The maximum atomic E-state index is 12.4. The van der Waals surface area contributed by atoms with E-state index in [2.05, 4.69) is 24.1 Å². The first-order valence-electron chi connectivity index (χ1n) is 7.14. The number of alkyl halides is 3. The Kier molecular flexibility index (Phi) is 4.68. The molecule has 1 saturated heterocycles. The first kappa shape index (κ1) is 15.3. The highest BCUT2D eigenvalue weighted by atomic mass is 19.4. The van der Waals surface area contributed by atoms with Crippen LogP contribution >= 0.6 is 0 Å². The number of hydrogen-bond acceptors (Lipinski definition) is 2. The normalized spacial score (nSPS) is 27.6. The number of aryl methyl sites for hydroxylation is 1. The summed E-state index contributed by atoms with van der Waals surface area (Å²) >= 11 is 0. The lowest BCUT2D eigenvalue weighted by molar-refractivity contribution is -0.141. The molecule has 1 N–H and O–H groups in total. The highest BCUT2D eigenvalue weighted by Crippen LogP contribution is 2.28. The summed E-state index contributed by atoms with van der Waals surface area (Å²) in [5.41, 5.74) is 0.0617. The van der Waals surface area contributed by atoms with Crippen LogP contribution in [0.1, 0.15) is 44.4 Å². The molecule has 2 heterocycles. The van der Waals surface area contributed by atoms with Crippen molar-refractivity contribution < 1.29 is 13.2 Å². The monoisotopic (exact) mass is 286 g/mol. The van der Waals surface area contributed by atoms with Gasteiger partial charge in [0.25, 0.3) is 0 Å². The molecule has 1 fully saturated rings. The Labute approximate surface area is 117 Å². The van der Waals surface area contributed by atoms with Gasteiger partial charge in [0.2, 0.25) is 0 Å². The van der Waals surface area contributed by atoms with Crippen molar-refractivity contribution in [3.63, 3.8) is 0 Å². The van der Waals surface area contributed by atoms with E-state index in [-0.39, 0.29) is 0 Å². The van der Waals surface area contributed by atoms with Crippen molar-refractivity contribution in [2.75, 3.05) is 0 Å². The van der Waals surface area contributed by atoms with Crippen LogP contribution in [-0.2, 0) is 12.6 Å². The average molecular weight is 286 g/mol. The Hall–Kier alpha value is -1.10. The molecular weight excluding hydrogens is 265 g/mol. The third-order valence-electron chi connectivity index (χ3n) is 4.14. The van der Waals surface area contributed by atoms with Crippen LogP contribution in [0.4, 0.5) is 13.2 Å². The van der Waals surface area contributed by atoms with Crippen LogP contribution in [0.5, 0.6) is 0 Å². The van der Waals surface area contributed by atoms with Crippen LogP contribution in [-0.4, -0.2) is 17.1 Å². The summed E-state index contributed by atoms with van der Waals surface area (Å²) in [7, 11) is 0. The molecule has 1 aromatic heterocycles. The van der Waals surface area contributed by atoms with Crippen LogP contribution in [0.25, 0.3) is 0 Å². The number of piperidine rings is 1. The second-order valence-electron chi connectivity index (χ2n) is 5.78. The van der Waals surface area contributed by atoms with Crippen molar-refractivity contribution in [1.29, 1.82) is 0 Å². The molecule has 0 aliphatic carbocycles. The van der Waals surface area contributed by atoms with Crippen molar-refractivity contribution in [2.45, 2.75) is 57.8 Å². The molecule has 0 aromatic carbocycles. The van der Waals surface area contributed by atoms with Crippen LogP contribution in [0, 0.1) is 5.92 Å². The topological polar surface area (TPSA) is 24.9 Å². The van der Waals surface area contributed by atoms with Gasteiger partial charge in [-0.2, -0.15) is 13.2 Å². The number of halogens is 3. The number of hydrogen-bond donors (Lipinski definition) is 1. The fraction of sp³-hybridized carbons (Fsp3) is 0.667. The summed E-state index contributed by atoms with van der Waals surface area (Å²) < 4.78 is 37.2. The fourth-order valence-electron chi connectivity index (χ4n) is 2.87. The summed E-state index contributed by atoms with van der Waals surface area (Å²) in [5, 5.41) is 3.53. The lowest BCUT2D eigenvalue weighted by Gasteiger charge is -2.34. The summed E-state index contributed by atoms with van der Waals surface area (Å²) in [6, 6.07) is 3.65. The lowest BCUT2D eigenvalue weighted by atomic mass is 9.85. The van der Waals surface area contributed by atoms with Gasteiger partial charge in [-0.3, -0.25) is 4.98 Å². The van der Waals surface area contributed by atoms with E-state index in [0.717, 1.165) is 24.5 Å². The average Bonchev–Trinajstić information content (AvgIpc) is 2.37. The first-order chi connectivity index (χ1) is 9.36. The van der Waals surface area contributed by atoms with Crippen molar-refractivity contribution in [3.8, 4) is 0 Å². The smallest absolute Gasteiger partial charge is 0.312 e. The summed E-state index contributed by atoms with van der Waals surface area (Å²) in [4.78, 5) is 3.50. The molecule has 20 heavy (non-hydrogen) atoms. The highest BCUT2D eigenvalue weighted by Gasteiger charge is 2.32. The van der Waals surface area contributed by atoms with E-state index < -0.39 is 11.9 Å². The predicted octanol–water partition coefficient (Wildman–Crippen LogP) is 3.81. The van der Waals surface area contributed by atoms with Gasteiger partial charge in [-0.05, 0) is 57.1 Å². The van der Waals surface area contributed by atoms with Gasteiger partial charge in [0, 0.05) is 18.3 Å². The molecule has 0 radical (unpaired) electrons. The molecule has 0 spiro atoms. The van der Waals surface area contributed by atoms with Gasteiger partial charge >= 0.3 is 6.18 Å². The van der Waals surface area contributed by atoms with E-state index in [0.29, 0.717) is 18.0 Å². The molecule has 0 amide bonds. The molecule has 1 aromatic rings. The van der Waals surface area contributed by atoms with Gasteiger partial charge in [-0.25, -0.2) is 0 Å². The zero-order valence-electron chi connectivity index (χ0n) is 11.9. The second kappa shape index (κ2) is 6.12. The number of nitrogens with zero attached hydrogens (tertiary/aromatic N) is 1. The Morgan fingerprint density at radius 3 is 2.55 bits per heavy atom. The van der Waals surface area contributed by atoms with Crippen molar-refractivity contribution in [2.24, 2.45) is 5.92 Å². The number of rotatable bonds is 3. The third kappa shape index (κ3) is 3.95. The standard InChI is InChI=1S/C15H21F3N2/c1-10-3-6-13(11(2)20-10)7-4-12-5-8-14(19-9-12)15(16,17)18/h5,8-11,13,20H,3-4,6-7H2,1-2H3. The van der Waals surface area contributed by atoms with E-state index in [1.807, 2.05) is 0 Å². The van der Waals surface area contributed by atoms with Crippen LogP contribution in [0.2, 0.25) is 0 Å². The minimum absolute atomic E-state index is 0.473. The molecule has 1 aliphatic rings. The summed E-state index contributed by atoms with van der Waals surface area (Å²) in [6.07, 6.45) is 1.14. The minimum Gasteiger partial charge on any atom is -0.312 e. The molecule has 1 aliphatic heterocycles. The molecule has 3 atom stereocenters. The van der Waals surface area contributed by atoms with Gasteiger partial charge in [0.1, 0.15) is 5.69 Å². The van der Waals surface area contributed by atoms with Gasteiger partial charge < -0.3 is 5.32 Å². The molecule has 5 heteroatoms. The zero-order valence-corrected chi connectivity index (χ0v) is 11.9. The van der Waals surface area contributed by atoms with E-state index in [1.54, 1.807) is 6.07 Å². The number of aromatic nitrogens is 1. The van der Waals surface area contributed by atoms with Crippen LogP contribution < -0.4 is 5.32 Å². The molecule has 3 unspecified atom stereocenters. The molecule has 112 valence electrons. The van der Waals surface area contributed by atoms with Gasteiger partial charge in [-0.15, -0.1) is 0 Å².